The fourth-order valence-electron chi connectivity index (χ4n) is 2.47. The van der Waals surface area contributed by atoms with Crippen molar-refractivity contribution in [3.05, 3.63) is 18.2 Å². The summed E-state index contributed by atoms with van der Waals surface area (Å²) in [6.07, 6.45) is 0.678. The van der Waals surface area contributed by atoms with Gasteiger partial charge in [0.2, 0.25) is 10.0 Å². The Morgan fingerprint density at radius 3 is 2.85 bits per heavy atom. The summed E-state index contributed by atoms with van der Waals surface area (Å²) in [5, 5.41) is 8.30. The van der Waals surface area contributed by atoms with E-state index in [-0.39, 0.29) is 11.0 Å². The Morgan fingerprint density at radius 2 is 2.15 bits per heavy atom. The Labute approximate surface area is 117 Å². The van der Waals surface area contributed by atoms with Gasteiger partial charge < -0.3 is 4.74 Å². The number of rotatable bonds is 3. The molecule has 2 heterocycles. The maximum atomic E-state index is 12.7. The Morgan fingerprint density at radius 1 is 1.35 bits per heavy atom. The van der Waals surface area contributed by atoms with Gasteiger partial charge in [0.15, 0.2) is 0 Å². The van der Waals surface area contributed by atoms with Gasteiger partial charge in [-0.2, -0.15) is 19.3 Å². The highest BCUT2D eigenvalue weighted by Gasteiger charge is 2.34. The number of fused-ring (bicyclic) bond motifs is 1. The summed E-state index contributed by atoms with van der Waals surface area (Å²) in [5.74, 6) is 0. The first kappa shape index (κ1) is 13.5. The van der Waals surface area contributed by atoms with E-state index in [1.807, 2.05) is 0 Å². The van der Waals surface area contributed by atoms with Crippen LogP contribution < -0.4 is 0 Å². The second-order valence-electron chi connectivity index (χ2n) is 4.82. The Bertz CT molecular complexity index is 740. The summed E-state index contributed by atoms with van der Waals surface area (Å²) in [5.41, 5.74) is 0.993. The lowest BCUT2D eigenvalue weighted by Crippen LogP contribution is -2.30. The Hall–Kier alpha value is -1.51. The van der Waals surface area contributed by atoms with Crippen molar-refractivity contribution in [1.82, 2.24) is 19.3 Å². The number of sulfonamides is 1. The van der Waals surface area contributed by atoms with Gasteiger partial charge in [-0.05, 0) is 18.6 Å². The SMILES string of the molecule is CO[C@H]1CCN(S(=O)(=O)c2cccc3nn(C)nc23)C1. The lowest BCUT2D eigenvalue weighted by atomic mass is 10.3. The summed E-state index contributed by atoms with van der Waals surface area (Å²) < 4.78 is 32.1. The van der Waals surface area contributed by atoms with Crippen LogP contribution in [0.25, 0.3) is 11.0 Å². The van der Waals surface area contributed by atoms with E-state index < -0.39 is 10.0 Å². The molecule has 0 saturated carbocycles. The first-order chi connectivity index (χ1) is 9.52. The summed E-state index contributed by atoms with van der Waals surface area (Å²) in [4.78, 5) is 1.59. The molecule has 0 radical (unpaired) electrons. The minimum atomic E-state index is -3.56. The van der Waals surface area contributed by atoms with Gasteiger partial charge in [0, 0.05) is 27.2 Å². The monoisotopic (exact) mass is 296 g/mol. The lowest BCUT2D eigenvalue weighted by molar-refractivity contribution is 0.115. The van der Waals surface area contributed by atoms with Crippen LogP contribution in [0.3, 0.4) is 0 Å². The molecule has 0 aliphatic carbocycles. The molecule has 7 nitrogen and oxygen atoms in total. The van der Waals surface area contributed by atoms with E-state index in [1.54, 1.807) is 32.4 Å². The maximum Gasteiger partial charge on any atom is 0.245 e. The van der Waals surface area contributed by atoms with E-state index in [0.717, 1.165) is 0 Å². The molecule has 108 valence electrons. The van der Waals surface area contributed by atoms with Crippen molar-refractivity contribution in [2.45, 2.75) is 17.4 Å². The zero-order chi connectivity index (χ0) is 14.3. The average molecular weight is 296 g/mol. The largest absolute Gasteiger partial charge is 0.380 e. The third-order valence-electron chi connectivity index (χ3n) is 3.53. The highest BCUT2D eigenvalue weighted by Crippen LogP contribution is 2.26. The predicted octanol–water partition coefficient (Wildman–Crippen LogP) is 0.378. The third kappa shape index (κ3) is 2.09. The van der Waals surface area contributed by atoms with Crippen molar-refractivity contribution < 1.29 is 13.2 Å². The molecular weight excluding hydrogens is 280 g/mol. The van der Waals surface area contributed by atoms with Gasteiger partial charge in [-0.1, -0.05) is 6.07 Å². The van der Waals surface area contributed by atoms with Crippen LogP contribution in [0.5, 0.6) is 0 Å². The quantitative estimate of drug-likeness (QED) is 0.818. The van der Waals surface area contributed by atoms with Crippen LogP contribution in [0.15, 0.2) is 23.1 Å². The van der Waals surface area contributed by atoms with Gasteiger partial charge in [0.1, 0.15) is 15.9 Å². The van der Waals surface area contributed by atoms with Crippen LogP contribution in [0, 0.1) is 0 Å². The molecular formula is C12H16N4O3S. The first-order valence-corrected chi connectivity index (χ1v) is 7.79. The van der Waals surface area contributed by atoms with E-state index in [0.29, 0.717) is 30.5 Å². The van der Waals surface area contributed by atoms with Crippen molar-refractivity contribution >= 4 is 21.1 Å². The van der Waals surface area contributed by atoms with Crippen LogP contribution in [0.2, 0.25) is 0 Å². The van der Waals surface area contributed by atoms with E-state index >= 15 is 0 Å². The summed E-state index contributed by atoms with van der Waals surface area (Å²) in [7, 11) is -0.282. The molecule has 1 aliphatic heterocycles. The van der Waals surface area contributed by atoms with Gasteiger partial charge in [-0.25, -0.2) is 8.42 Å². The molecule has 1 aromatic carbocycles. The highest BCUT2D eigenvalue weighted by atomic mass is 32.2. The van der Waals surface area contributed by atoms with E-state index in [4.69, 9.17) is 4.74 Å². The second-order valence-corrected chi connectivity index (χ2v) is 6.73. The first-order valence-electron chi connectivity index (χ1n) is 6.35. The number of methoxy groups -OCH3 is 1. The fourth-order valence-corrected chi connectivity index (χ4v) is 4.10. The van der Waals surface area contributed by atoms with Crippen molar-refractivity contribution in [1.29, 1.82) is 0 Å². The number of hydrogen-bond acceptors (Lipinski definition) is 5. The molecule has 1 aromatic heterocycles. The van der Waals surface area contributed by atoms with E-state index in [1.165, 1.54) is 9.10 Å². The summed E-state index contributed by atoms with van der Waals surface area (Å²) >= 11 is 0. The third-order valence-corrected chi connectivity index (χ3v) is 5.43. The number of nitrogens with zero attached hydrogens (tertiary/aromatic N) is 4. The zero-order valence-corrected chi connectivity index (χ0v) is 12.2. The van der Waals surface area contributed by atoms with Crippen molar-refractivity contribution in [3.8, 4) is 0 Å². The number of hydrogen-bond donors (Lipinski definition) is 0. The number of aromatic nitrogens is 3. The van der Waals surface area contributed by atoms with Crippen LogP contribution >= 0.6 is 0 Å². The molecule has 1 saturated heterocycles. The fraction of sp³-hybridized carbons (Fsp3) is 0.500. The van der Waals surface area contributed by atoms with Crippen LogP contribution in [0.4, 0.5) is 0 Å². The molecule has 0 spiro atoms. The van der Waals surface area contributed by atoms with Crippen LogP contribution in [-0.4, -0.2) is 54.0 Å². The molecule has 2 aromatic rings. The normalized spacial score (nSPS) is 20.8. The molecule has 1 fully saturated rings. The Kier molecular flexibility index (Phi) is 3.23. The van der Waals surface area contributed by atoms with E-state index in [9.17, 15) is 8.42 Å². The molecule has 0 amide bonds. The topological polar surface area (TPSA) is 77.3 Å². The average Bonchev–Trinajstić information content (AvgIpc) is 3.02. The summed E-state index contributed by atoms with van der Waals surface area (Å²) in [6.45, 7) is 0.854. The lowest BCUT2D eigenvalue weighted by Gasteiger charge is -2.16. The van der Waals surface area contributed by atoms with Crippen LogP contribution in [0.1, 0.15) is 6.42 Å². The smallest absolute Gasteiger partial charge is 0.245 e. The number of benzene rings is 1. The van der Waals surface area contributed by atoms with Gasteiger partial charge in [0.25, 0.3) is 0 Å². The molecule has 8 heteroatoms. The number of ether oxygens (including phenoxy) is 1. The van der Waals surface area contributed by atoms with Gasteiger partial charge in [-0.3, -0.25) is 0 Å². The Balaban J connectivity index is 2.06. The van der Waals surface area contributed by atoms with Gasteiger partial charge in [-0.15, -0.1) is 0 Å². The molecule has 0 unspecified atom stereocenters. The zero-order valence-electron chi connectivity index (χ0n) is 11.4. The van der Waals surface area contributed by atoms with Gasteiger partial charge >= 0.3 is 0 Å². The molecule has 1 atom stereocenters. The minimum Gasteiger partial charge on any atom is -0.380 e. The van der Waals surface area contributed by atoms with Gasteiger partial charge in [0.05, 0.1) is 6.10 Å². The number of aryl methyl sites for hydroxylation is 1. The maximum absolute atomic E-state index is 12.7. The highest BCUT2D eigenvalue weighted by molar-refractivity contribution is 7.89. The summed E-state index contributed by atoms with van der Waals surface area (Å²) in [6, 6.07) is 5.02. The molecule has 20 heavy (non-hydrogen) atoms. The molecule has 0 N–H and O–H groups in total. The predicted molar refractivity (Wildman–Crippen MR) is 72.7 cm³/mol. The standard InChI is InChI=1S/C12H16N4O3S/c1-15-13-10-4-3-5-11(12(10)14-15)20(17,18)16-7-6-9(8-16)19-2/h3-5,9H,6-8H2,1-2H3/t9-/m0/s1. The molecule has 1 aliphatic rings. The molecule has 0 bridgehead atoms. The minimum absolute atomic E-state index is 0.0363. The second kappa shape index (κ2) is 4.80. The van der Waals surface area contributed by atoms with E-state index in [2.05, 4.69) is 10.2 Å². The van der Waals surface area contributed by atoms with Crippen LogP contribution in [-0.2, 0) is 21.8 Å². The molecule has 3 rings (SSSR count). The van der Waals surface area contributed by atoms with Crippen molar-refractivity contribution in [3.63, 3.8) is 0 Å². The van der Waals surface area contributed by atoms with Crippen molar-refractivity contribution in [2.24, 2.45) is 7.05 Å². The van der Waals surface area contributed by atoms with Crippen molar-refractivity contribution in [2.75, 3.05) is 20.2 Å².